The Morgan fingerprint density at radius 2 is 1.97 bits per heavy atom. The SMILES string of the molecule is CCCCOC(=O)Nc1cnccc1Cn1cc(O)n(-c2ccc(SC(F)(F)F)cc2)c1=O. The molecule has 8 nitrogen and oxygen atoms in total. The quantitative estimate of drug-likeness (QED) is 0.355. The van der Waals surface area contributed by atoms with Gasteiger partial charge in [-0.1, -0.05) is 13.3 Å². The average molecular weight is 482 g/mol. The number of thioether (sulfide) groups is 1. The van der Waals surface area contributed by atoms with Crippen LogP contribution in [0.15, 0.2) is 58.6 Å². The monoisotopic (exact) mass is 482 g/mol. The second-order valence-electron chi connectivity index (χ2n) is 6.92. The first-order chi connectivity index (χ1) is 15.7. The number of benzene rings is 1. The highest BCUT2D eigenvalue weighted by atomic mass is 32.2. The van der Waals surface area contributed by atoms with Crippen LogP contribution in [0.2, 0.25) is 0 Å². The number of carbonyl (C=O) groups excluding carboxylic acids is 1. The zero-order valence-corrected chi connectivity index (χ0v) is 18.3. The predicted molar refractivity (Wildman–Crippen MR) is 117 cm³/mol. The molecule has 0 saturated carbocycles. The van der Waals surface area contributed by atoms with Gasteiger partial charge in [0.25, 0.3) is 0 Å². The molecule has 2 aromatic heterocycles. The summed E-state index contributed by atoms with van der Waals surface area (Å²) >= 11 is -0.273. The molecule has 33 heavy (non-hydrogen) atoms. The van der Waals surface area contributed by atoms with Crippen molar-refractivity contribution in [2.24, 2.45) is 0 Å². The molecule has 0 aliphatic rings. The van der Waals surface area contributed by atoms with Crippen LogP contribution in [0, 0.1) is 0 Å². The van der Waals surface area contributed by atoms with Crippen LogP contribution in [0.25, 0.3) is 5.69 Å². The first kappa shape index (κ1) is 24.2. The van der Waals surface area contributed by atoms with Crippen LogP contribution in [0.5, 0.6) is 5.88 Å². The molecular weight excluding hydrogens is 461 g/mol. The maximum atomic E-state index is 12.9. The van der Waals surface area contributed by atoms with Crippen LogP contribution >= 0.6 is 11.8 Å². The summed E-state index contributed by atoms with van der Waals surface area (Å²) in [5, 5.41) is 12.9. The number of imidazole rings is 1. The van der Waals surface area contributed by atoms with Gasteiger partial charge in [0.2, 0.25) is 5.88 Å². The van der Waals surface area contributed by atoms with Crippen LogP contribution in [-0.2, 0) is 11.3 Å². The van der Waals surface area contributed by atoms with Gasteiger partial charge >= 0.3 is 17.3 Å². The smallest absolute Gasteiger partial charge is 0.446 e. The summed E-state index contributed by atoms with van der Waals surface area (Å²) in [6.45, 7) is 2.23. The number of unbranched alkanes of at least 4 members (excludes halogenated alkanes) is 1. The molecule has 1 aromatic carbocycles. The zero-order valence-electron chi connectivity index (χ0n) is 17.5. The number of alkyl halides is 3. The van der Waals surface area contributed by atoms with Crippen molar-refractivity contribution < 1.29 is 27.8 Å². The third-order valence-corrected chi connectivity index (χ3v) is 5.23. The summed E-state index contributed by atoms with van der Waals surface area (Å²) in [5.74, 6) is -0.390. The lowest BCUT2D eigenvalue weighted by molar-refractivity contribution is -0.0328. The summed E-state index contributed by atoms with van der Waals surface area (Å²) in [6.07, 6.45) is 5.05. The van der Waals surface area contributed by atoms with Gasteiger partial charge < -0.3 is 9.84 Å². The Labute approximate surface area is 191 Å². The number of aromatic nitrogens is 3. The second-order valence-corrected chi connectivity index (χ2v) is 8.06. The molecule has 0 aliphatic heterocycles. The van der Waals surface area contributed by atoms with Gasteiger partial charge in [0.15, 0.2) is 0 Å². The molecule has 2 N–H and O–H groups in total. The molecular formula is C21H21F3N4O4S. The third-order valence-electron chi connectivity index (χ3n) is 4.49. The number of amides is 1. The molecule has 0 saturated heterocycles. The maximum Gasteiger partial charge on any atom is 0.446 e. The van der Waals surface area contributed by atoms with Gasteiger partial charge in [0.1, 0.15) is 0 Å². The van der Waals surface area contributed by atoms with E-state index in [4.69, 9.17) is 4.74 Å². The topological polar surface area (TPSA) is 98.4 Å². The van der Waals surface area contributed by atoms with E-state index >= 15 is 0 Å². The van der Waals surface area contributed by atoms with Gasteiger partial charge in [-0.2, -0.15) is 13.2 Å². The summed E-state index contributed by atoms with van der Waals surface area (Å²) in [7, 11) is 0. The van der Waals surface area contributed by atoms with E-state index in [0.717, 1.165) is 17.4 Å². The normalized spacial score (nSPS) is 11.4. The number of halogens is 3. The highest BCUT2D eigenvalue weighted by Crippen LogP contribution is 2.37. The Hall–Kier alpha value is -3.41. The minimum absolute atomic E-state index is 0.00546. The Morgan fingerprint density at radius 3 is 2.64 bits per heavy atom. The molecule has 3 rings (SSSR count). The summed E-state index contributed by atoms with van der Waals surface area (Å²) in [4.78, 5) is 28.8. The number of carbonyl (C=O) groups is 1. The molecule has 12 heteroatoms. The fourth-order valence-electron chi connectivity index (χ4n) is 2.94. The number of anilines is 1. The fraction of sp³-hybridized carbons (Fsp3) is 0.286. The molecule has 1 amide bonds. The van der Waals surface area contributed by atoms with Crippen LogP contribution in [-0.4, -0.2) is 37.4 Å². The number of aromatic hydroxyl groups is 1. The fourth-order valence-corrected chi connectivity index (χ4v) is 3.48. The lowest BCUT2D eigenvalue weighted by Crippen LogP contribution is -2.24. The summed E-state index contributed by atoms with van der Waals surface area (Å²) < 4.78 is 44.8. The van der Waals surface area contributed by atoms with Gasteiger partial charge in [-0.05, 0) is 54.1 Å². The molecule has 0 aliphatic carbocycles. The van der Waals surface area contributed by atoms with Crippen molar-refractivity contribution in [2.45, 2.75) is 36.7 Å². The van der Waals surface area contributed by atoms with Gasteiger partial charge in [-0.25, -0.2) is 14.2 Å². The van der Waals surface area contributed by atoms with Crippen LogP contribution < -0.4 is 11.0 Å². The number of nitrogens with one attached hydrogen (secondary N) is 1. The minimum Gasteiger partial charge on any atom is -0.493 e. The molecule has 0 spiro atoms. The highest BCUT2D eigenvalue weighted by molar-refractivity contribution is 8.00. The van der Waals surface area contributed by atoms with E-state index in [-0.39, 0.29) is 35.5 Å². The van der Waals surface area contributed by atoms with E-state index in [9.17, 15) is 27.9 Å². The predicted octanol–water partition coefficient (Wildman–Crippen LogP) is 4.75. The minimum atomic E-state index is -4.43. The van der Waals surface area contributed by atoms with Gasteiger partial charge in [-0.15, -0.1) is 0 Å². The number of hydrogen-bond acceptors (Lipinski definition) is 6. The largest absolute Gasteiger partial charge is 0.493 e. The number of ether oxygens (including phenoxy) is 1. The molecule has 3 aromatic rings. The maximum absolute atomic E-state index is 12.9. The Bertz CT molecular complexity index is 1160. The average Bonchev–Trinajstić information content (AvgIpc) is 3.02. The van der Waals surface area contributed by atoms with Gasteiger partial charge in [0.05, 0.1) is 36.9 Å². The lowest BCUT2D eigenvalue weighted by atomic mass is 10.2. The molecule has 0 radical (unpaired) electrons. The van der Waals surface area contributed by atoms with Crippen molar-refractivity contribution in [1.82, 2.24) is 14.1 Å². The second kappa shape index (κ2) is 10.5. The Morgan fingerprint density at radius 1 is 1.24 bits per heavy atom. The van der Waals surface area contributed by atoms with E-state index in [1.165, 1.54) is 47.4 Å². The summed E-state index contributed by atoms with van der Waals surface area (Å²) in [5.41, 5.74) is -3.96. The zero-order chi connectivity index (χ0) is 24.0. The van der Waals surface area contributed by atoms with Crippen LogP contribution in [0.4, 0.5) is 23.7 Å². The van der Waals surface area contributed by atoms with Crippen molar-refractivity contribution in [3.63, 3.8) is 0 Å². The first-order valence-corrected chi connectivity index (χ1v) is 10.7. The molecule has 0 bridgehead atoms. The molecule has 2 heterocycles. The van der Waals surface area contributed by atoms with Gasteiger partial charge in [-0.3, -0.25) is 14.9 Å². The first-order valence-electron chi connectivity index (χ1n) is 9.92. The van der Waals surface area contributed by atoms with Crippen molar-refractivity contribution in [1.29, 1.82) is 0 Å². The van der Waals surface area contributed by atoms with Crippen molar-refractivity contribution in [3.8, 4) is 11.6 Å². The van der Waals surface area contributed by atoms with Gasteiger partial charge in [0, 0.05) is 11.1 Å². The highest BCUT2D eigenvalue weighted by Gasteiger charge is 2.29. The lowest BCUT2D eigenvalue weighted by Gasteiger charge is -2.11. The molecule has 0 fully saturated rings. The van der Waals surface area contributed by atoms with Crippen molar-refractivity contribution in [3.05, 3.63) is 65.0 Å². The number of pyridine rings is 1. The van der Waals surface area contributed by atoms with Crippen LogP contribution in [0.1, 0.15) is 25.3 Å². The Balaban J connectivity index is 1.80. The Kier molecular flexibility index (Phi) is 7.69. The molecule has 176 valence electrons. The van der Waals surface area contributed by atoms with E-state index in [0.29, 0.717) is 11.3 Å². The van der Waals surface area contributed by atoms with Crippen molar-refractivity contribution in [2.75, 3.05) is 11.9 Å². The van der Waals surface area contributed by atoms with E-state index in [1.54, 1.807) is 6.07 Å². The summed E-state index contributed by atoms with van der Waals surface area (Å²) in [6, 6.07) is 6.65. The molecule has 0 atom stereocenters. The molecule has 0 unspecified atom stereocenters. The van der Waals surface area contributed by atoms with E-state index in [2.05, 4.69) is 10.3 Å². The van der Waals surface area contributed by atoms with Crippen LogP contribution in [0.3, 0.4) is 0 Å². The van der Waals surface area contributed by atoms with E-state index < -0.39 is 23.2 Å². The third kappa shape index (κ3) is 6.54. The standard InChI is InChI=1S/C21H21F3N4O4S/c1-2-3-10-32-19(30)26-17-11-25-9-8-14(17)12-27-13-18(29)28(20(27)31)15-4-6-16(7-5-15)33-21(22,23)24/h4-9,11,13,29H,2-3,10,12H2,1H3,(H,26,30). The number of hydrogen-bond donors (Lipinski definition) is 2. The van der Waals surface area contributed by atoms with E-state index in [1.807, 2.05) is 6.92 Å². The van der Waals surface area contributed by atoms with Crippen molar-refractivity contribution >= 4 is 23.5 Å². The number of rotatable bonds is 8. The number of nitrogens with zero attached hydrogens (tertiary/aromatic N) is 3.